The third-order valence-electron chi connectivity index (χ3n) is 3.66. The second-order valence-electron chi connectivity index (χ2n) is 4.96. The third-order valence-corrected chi connectivity index (χ3v) is 4.54. The number of carboxylic acids is 1. The Balaban J connectivity index is 2.08. The molecule has 2 aromatic heterocycles. The van der Waals surface area contributed by atoms with Crippen LogP contribution in [0.4, 0.5) is 0 Å². The van der Waals surface area contributed by atoms with Gasteiger partial charge in [-0.1, -0.05) is 18.2 Å². The minimum Gasteiger partial charge on any atom is -0.493 e. The Morgan fingerprint density at radius 2 is 2.09 bits per heavy atom. The van der Waals surface area contributed by atoms with Crippen molar-refractivity contribution < 1.29 is 19.1 Å². The summed E-state index contributed by atoms with van der Waals surface area (Å²) in [6.45, 7) is 0. The normalized spacial score (nSPS) is 11.2. The number of hydrogen-bond acceptors (Lipinski definition) is 5. The lowest BCUT2D eigenvalue weighted by Gasteiger charge is -2.04. The predicted octanol–water partition coefficient (Wildman–Crippen LogP) is 4.42. The lowest BCUT2D eigenvalue weighted by atomic mass is 10.1. The number of thiazole rings is 1. The van der Waals surface area contributed by atoms with Crippen LogP contribution in [-0.4, -0.2) is 23.2 Å². The average molecular weight is 325 g/mol. The fourth-order valence-electron chi connectivity index (χ4n) is 2.64. The minimum absolute atomic E-state index is 0.0433. The molecule has 0 atom stereocenters. The molecule has 0 aliphatic heterocycles. The van der Waals surface area contributed by atoms with E-state index < -0.39 is 5.97 Å². The number of rotatable bonds is 3. The fraction of sp³-hybridized carbons (Fsp3) is 0.0588. The van der Waals surface area contributed by atoms with Crippen LogP contribution in [0.2, 0.25) is 0 Å². The number of para-hydroxylation sites is 1. The molecular formula is C17H11NO4S. The Bertz CT molecular complexity index is 1050. The van der Waals surface area contributed by atoms with E-state index in [1.54, 1.807) is 7.11 Å². The molecule has 5 nitrogen and oxygen atoms in total. The van der Waals surface area contributed by atoms with Gasteiger partial charge in [0.05, 0.1) is 7.11 Å². The molecule has 0 fully saturated rings. The molecule has 2 aromatic carbocycles. The van der Waals surface area contributed by atoms with Crippen LogP contribution >= 0.6 is 11.3 Å². The van der Waals surface area contributed by atoms with Gasteiger partial charge in [0.15, 0.2) is 17.0 Å². The number of carbonyl (C=O) groups is 1. The van der Waals surface area contributed by atoms with E-state index in [1.165, 1.54) is 16.7 Å². The van der Waals surface area contributed by atoms with Crippen molar-refractivity contribution in [1.82, 2.24) is 4.98 Å². The van der Waals surface area contributed by atoms with Crippen LogP contribution in [0.5, 0.6) is 5.75 Å². The van der Waals surface area contributed by atoms with E-state index in [9.17, 15) is 4.79 Å². The largest absolute Gasteiger partial charge is 0.493 e. The first-order valence-corrected chi connectivity index (χ1v) is 7.74. The molecule has 4 rings (SSSR count). The lowest BCUT2D eigenvalue weighted by Crippen LogP contribution is -1.95. The SMILES string of the molecule is COc1ccc(-c2nc(C(=O)O)cs2)c2c1oc1ccccc12. The number of aromatic nitrogens is 1. The van der Waals surface area contributed by atoms with Crippen molar-refractivity contribution in [3.8, 4) is 16.3 Å². The highest BCUT2D eigenvalue weighted by atomic mass is 32.1. The van der Waals surface area contributed by atoms with Gasteiger partial charge in [0.1, 0.15) is 10.6 Å². The molecule has 0 spiro atoms. The molecule has 0 saturated carbocycles. The van der Waals surface area contributed by atoms with E-state index in [2.05, 4.69) is 4.98 Å². The molecule has 114 valence electrons. The highest BCUT2D eigenvalue weighted by Crippen LogP contribution is 2.41. The fourth-order valence-corrected chi connectivity index (χ4v) is 3.46. The summed E-state index contributed by atoms with van der Waals surface area (Å²) in [7, 11) is 1.59. The van der Waals surface area contributed by atoms with Gasteiger partial charge in [-0.2, -0.15) is 0 Å². The van der Waals surface area contributed by atoms with Crippen LogP contribution in [0.1, 0.15) is 10.5 Å². The van der Waals surface area contributed by atoms with Crippen molar-refractivity contribution in [2.75, 3.05) is 7.11 Å². The standard InChI is InChI=1S/C17H11NO4S/c1-21-13-7-6-10(16-18-11(8-23-16)17(19)20)14-9-4-2-3-5-12(9)22-15(13)14/h2-8H,1H3,(H,19,20). The van der Waals surface area contributed by atoms with Gasteiger partial charge in [0.25, 0.3) is 0 Å². The van der Waals surface area contributed by atoms with Crippen molar-refractivity contribution >= 4 is 39.2 Å². The highest BCUT2D eigenvalue weighted by molar-refractivity contribution is 7.13. The Morgan fingerprint density at radius 1 is 1.26 bits per heavy atom. The summed E-state index contributed by atoms with van der Waals surface area (Å²) in [5, 5.41) is 13.1. The summed E-state index contributed by atoms with van der Waals surface area (Å²) in [6, 6.07) is 11.4. The van der Waals surface area contributed by atoms with Gasteiger partial charge in [0.2, 0.25) is 0 Å². The first-order valence-electron chi connectivity index (χ1n) is 6.86. The van der Waals surface area contributed by atoms with Crippen molar-refractivity contribution in [2.24, 2.45) is 0 Å². The summed E-state index contributed by atoms with van der Waals surface area (Å²) in [4.78, 5) is 15.3. The summed E-state index contributed by atoms with van der Waals surface area (Å²) < 4.78 is 11.3. The monoisotopic (exact) mass is 325 g/mol. The summed E-state index contributed by atoms with van der Waals surface area (Å²) in [5.74, 6) is -0.399. The maximum Gasteiger partial charge on any atom is 0.355 e. The number of hydrogen-bond donors (Lipinski definition) is 1. The topological polar surface area (TPSA) is 72.6 Å². The number of fused-ring (bicyclic) bond motifs is 3. The quantitative estimate of drug-likeness (QED) is 0.604. The van der Waals surface area contributed by atoms with Crippen LogP contribution in [0, 0.1) is 0 Å². The Kier molecular flexibility index (Phi) is 3.06. The van der Waals surface area contributed by atoms with E-state index >= 15 is 0 Å². The van der Waals surface area contributed by atoms with Gasteiger partial charge in [-0.25, -0.2) is 9.78 Å². The number of benzene rings is 2. The van der Waals surface area contributed by atoms with Gasteiger partial charge >= 0.3 is 5.97 Å². The summed E-state index contributed by atoms with van der Waals surface area (Å²) in [6.07, 6.45) is 0. The van der Waals surface area contributed by atoms with E-state index in [0.717, 1.165) is 21.9 Å². The zero-order valence-corrected chi connectivity index (χ0v) is 12.9. The smallest absolute Gasteiger partial charge is 0.355 e. The Hall–Kier alpha value is -2.86. The molecule has 23 heavy (non-hydrogen) atoms. The maximum absolute atomic E-state index is 11.1. The Labute approximate surface area is 134 Å². The van der Waals surface area contributed by atoms with Crippen LogP contribution in [-0.2, 0) is 0 Å². The molecule has 0 bridgehead atoms. The van der Waals surface area contributed by atoms with E-state index in [4.69, 9.17) is 14.3 Å². The molecule has 0 amide bonds. The number of ether oxygens (including phenoxy) is 1. The maximum atomic E-state index is 11.1. The lowest BCUT2D eigenvalue weighted by molar-refractivity contribution is 0.0691. The van der Waals surface area contributed by atoms with Crippen molar-refractivity contribution in [1.29, 1.82) is 0 Å². The molecule has 0 saturated heterocycles. The van der Waals surface area contributed by atoms with Gasteiger partial charge in [0, 0.05) is 21.7 Å². The molecule has 0 aliphatic carbocycles. The zero-order chi connectivity index (χ0) is 16.0. The number of aromatic carboxylic acids is 1. The molecular weight excluding hydrogens is 314 g/mol. The molecule has 0 aliphatic rings. The van der Waals surface area contributed by atoms with E-state index in [0.29, 0.717) is 16.3 Å². The van der Waals surface area contributed by atoms with E-state index in [1.807, 2.05) is 36.4 Å². The molecule has 1 N–H and O–H groups in total. The van der Waals surface area contributed by atoms with E-state index in [-0.39, 0.29) is 5.69 Å². The summed E-state index contributed by atoms with van der Waals surface area (Å²) in [5.41, 5.74) is 2.27. The number of nitrogens with zero attached hydrogens (tertiary/aromatic N) is 1. The first kappa shape index (κ1) is 13.8. The molecule has 2 heterocycles. The van der Waals surface area contributed by atoms with Crippen LogP contribution in [0.15, 0.2) is 46.2 Å². The van der Waals surface area contributed by atoms with Crippen molar-refractivity contribution in [2.45, 2.75) is 0 Å². The van der Waals surface area contributed by atoms with Gasteiger partial charge in [-0.15, -0.1) is 11.3 Å². The molecule has 4 aromatic rings. The van der Waals surface area contributed by atoms with Crippen LogP contribution < -0.4 is 4.74 Å². The second-order valence-corrected chi connectivity index (χ2v) is 5.82. The van der Waals surface area contributed by atoms with Gasteiger partial charge in [-0.05, 0) is 18.2 Å². The third kappa shape index (κ3) is 2.07. The summed E-state index contributed by atoms with van der Waals surface area (Å²) >= 11 is 1.30. The molecule has 0 unspecified atom stereocenters. The first-order chi connectivity index (χ1) is 11.2. The second kappa shape index (κ2) is 5.10. The van der Waals surface area contributed by atoms with Crippen LogP contribution in [0.3, 0.4) is 0 Å². The molecule has 0 radical (unpaired) electrons. The van der Waals surface area contributed by atoms with Gasteiger partial charge in [-0.3, -0.25) is 0 Å². The average Bonchev–Trinajstić information content (AvgIpc) is 3.19. The van der Waals surface area contributed by atoms with Crippen molar-refractivity contribution in [3.63, 3.8) is 0 Å². The predicted molar refractivity (Wildman–Crippen MR) is 88.3 cm³/mol. The van der Waals surface area contributed by atoms with Crippen molar-refractivity contribution in [3.05, 3.63) is 47.5 Å². The Morgan fingerprint density at radius 3 is 2.83 bits per heavy atom. The molecule has 6 heteroatoms. The zero-order valence-electron chi connectivity index (χ0n) is 12.1. The van der Waals surface area contributed by atoms with Crippen LogP contribution in [0.25, 0.3) is 32.5 Å². The van der Waals surface area contributed by atoms with Gasteiger partial charge < -0.3 is 14.3 Å². The number of furan rings is 1. The minimum atomic E-state index is -1.03. The number of carboxylic acid groups (broad SMARTS) is 1. The number of methoxy groups -OCH3 is 1. The highest BCUT2D eigenvalue weighted by Gasteiger charge is 2.19.